The van der Waals surface area contributed by atoms with E-state index in [1.165, 1.54) is 18.2 Å². The summed E-state index contributed by atoms with van der Waals surface area (Å²) in [6.07, 6.45) is -1.65. The first kappa shape index (κ1) is 31.9. The van der Waals surface area contributed by atoms with Gasteiger partial charge in [-0.1, -0.05) is 71.6 Å². The van der Waals surface area contributed by atoms with Crippen molar-refractivity contribution >= 4 is 11.8 Å². The van der Waals surface area contributed by atoms with Crippen LogP contribution in [0.3, 0.4) is 0 Å². The number of benzene rings is 1. The summed E-state index contributed by atoms with van der Waals surface area (Å²) >= 11 is 0. The number of ketones is 1. The number of nitrogens with one attached hydrogen (secondary N) is 1. The third-order valence-corrected chi connectivity index (χ3v) is 6.68. The van der Waals surface area contributed by atoms with Crippen molar-refractivity contribution < 1.29 is 37.0 Å². The predicted octanol–water partition coefficient (Wildman–Crippen LogP) is 6.01. The number of hydrogen-bond acceptors (Lipinski definition) is 6. The Labute approximate surface area is 213 Å². The maximum absolute atomic E-state index is 12.8. The Hall–Kier alpha value is -2.13. The summed E-state index contributed by atoms with van der Waals surface area (Å²) in [7, 11) is 0. The van der Waals surface area contributed by atoms with Gasteiger partial charge >= 0.3 is 12.1 Å². The smallest absolute Gasteiger partial charge is 0.450 e. The molecule has 0 saturated heterocycles. The molecule has 0 spiro atoms. The number of ether oxygens (including phenoxy) is 3. The number of halogens is 3. The minimum absolute atomic E-state index is 0.00845. The van der Waals surface area contributed by atoms with E-state index >= 15 is 0 Å². The number of unbranched alkanes of at least 4 members (excludes halogenated alkanes) is 1. The fourth-order valence-electron chi connectivity index (χ4n) is 4.04. The van der Waals surface area contributed by atoms with Crippen LogP contribution in [-0.2, 0) is 25.5 Å². The van der Waals surface area contributed by atoms with Gasteiger partial charge in [0.1, 0.15) is 5.75 Å². The third kappa shape index (κ3) is 10.5. The lowest BCUT2D eigenvalue weighted by Gasteiger charge is -2.35. The molecule has 36 heavy (non-hydrogen) atoms. The summed E-state index contributed by atoms with van der Waals surface area (Å²) < 4.78 is 55.6. The maximum Gasteiger partial charge on any atom is 0.450 e. The molecule has 1 rings (SSSR count). The molecule has 2 atom stereocenters. The molecule has 0 saturated carbocycles. The number of hydrogen-bond donors (Lipinski definition) is 1. The molecule has 0 fully saturated rings. The van der Waals surface area contributed by atoms with Gasteiger partial charge in [0.2, 0.25) is 12.0 Å². The van der Waals surface area contributed by atoms with E-state index in [1.807, 2.05) is 0 Å². The number of rotatable bonds is 18. The van der Waals surface area contributed by atoms with Gasteiger partial charge < -0.3 is 14.2 Å². The second-order valence-corrected chi connectivity index (χ2v) is 8.97. The second-order valence-electron chi connectivity index (χ2n) is 8.97. The quantitative estimate of drug-likeness (QED) is 0.146. The molecule has 6 nitrogen and oxygen atoms in total. The van der Waals surface area contributed by atoms with Crippen molar-refractivity contribution in [2.75, 3.05) is 19.8 Å². The van der Waals surface area contributed by atoms with Crippen molar-refractivity contribution in [1.29, 1.82) is 0 Å². The Morgan fingerprint density at radius 2 is 1.64 bits per heavy atom. The van der Waals surface area contributed by atoms with Crippen molar-refractivity contribution in [3.63, 3.8) is 0 Å². The second kappa shape index (κ2) is 15.9. The standard InChI is InChI=1S/C27H42F3NO5/c1-6-11-16-35-21(18-26(7-2,8-3)9-4)19-31-24(25(33)34-10-5)36-22-15-13-12-14-20(22)17-23(32)27(28,29)30/h12-15,21,24,31H,6-11,16-19H2,1-5H3. The Morgan fingerprint density at radius 3 is 2.19 bits per heavy atom. The molecule has 1 aromatic carbocycles. The first-order valence-corrected chi connectivity index (χ1v) is 12.9. The van der Waals surface area contributed by atoms with Crippen molar-refractivity contribution in [1.82, 2.24) is 5.32 Å². The predicted molar refractivity (Wildman–Crippen MR) is 133 cm³/mol. The van der Waals surface area contributed by atoms with Crippen LogP contribution in [0.25, 0.3) is 0 Å². The van der Waals surface area contributed by atoms with Gasteiger partial charge in [-0.05, 0) is 31.2 Å². The van der Waals surface area contributed by atoms with E-state index in [1.54, 1.807) is 13.0 Å². The number of para-hydroxylation sites is 1. The summed E-state index contributed by atoms with van der Waals surface area (Å²) in [5, 5.41) is 3.06. The van der Waals surface area contributed by atoms with Crippen LogP contribution in [0.5, 0.6) is 5.75 Å². The molecule has 0 radical (unpaired) electrons. The average molecular weight is 518 g/mol. The Bertz CT molecular complexity index is 788. The molecular formula is C27H42F3NO5. The molecule has 206 valence electrons. The van der Waals surface area contributed by atoms with Gasteiger partial charge in [-0.25, -0.2) is 4.79 Å². The van der Waals surface area contributed by atoms with Gasteiger partial charge in [-0.2, -0.15) is 13.2 Å². The first-order chi connectivity index (χ1) is 17.1. The molecular weight excluding hydrogens is 475 g/mol. The van der Waals surface area contributed by atoms with Gasteiger partial charge in [-0.3, -0.25) is 10.1 Å². The zero-order chi connectivity index (χ0) is 27.2. The lowest BCUT2D eigenvalue weighted by molar-refractivity contribution is -0.170. The molecule has 9 heteroatoms. The molecule has 0 heterocycles. The summed E-state index contributed by atoms with van der Waals surface area (Å²) in [6, 6.07) is 5.87. The maximum atomic E-state index is 12.8. The minimum Gasteiger partial charge on any atom is -0.464 e. The van der Waals surface area contributed by atoms with Crippen molar-refractivity contribution in [3.05, 3.63) is 29.8 Å². The molecule has 1 aromatic rings. The largest absolute Gasteiger partial charge is 0.464 e. The van der Waals surface area contributed by atoms with Crippen LogP contribution in [0.15, 0.2) is 24.3 Å². The van der Waals surface area contributed by atoms with Crippen molar-refractivity contribution in [3.8, 4) is 5.75 Å². The first-order valence-electron chi connectivity index (χ1n) is 12.9. The Kier molecular flexibility index (Phi) is 14.1. The van der Waals surface area contributed by atoms with E-state index in [-0.39, 0.29) is 29.4 Å². The van der Waals surface area contributed by atoms with E-state index in [2.05, 4.69) is 33.0 Å². The normalized spacial score (nSPS) is 13.8. The summed E-state index contributed by atoms with van der Waals surface area (Å²) in [4.78, 5) is 24.2. The summed E-state index contributed by atoms with van der Waals surface area (Å²) in [5.41, 5.74) is 0.136. The van der Waals surface area contributed by atoms with Crippen LogP contribution in [-0.4, -0.2) is 50.0 Å². The summed E-state index contributed by atoms with van der Waals surface area (Å²) in [6.45, 7) is 11.2. The monoisotopic (exact) mass is 517 g/mol. The molecule has 0 aliphatic heterocycles. The van der Waals surface area contributed by atoms with Gasteiger partial charge in [0.15, 0.2) is 0 Å². The van der Waals surface area contributed by atoms with Crippen LogP contribution in [0.4, 0.5) is 13.2 Å². The van der Waals surface area contributed by atoms with E-state index < -0.39 is 30.6 Å². The van der Waals surface area contributed by atoms with E-state index in [0.29, 0.717) is 13.2 Å². The fourth-order valence-corrected chi connectivity index (χ4v) is 4.04. The number of Topliss-reactive ketones (excluding diaryl/α,β-unsaturated/α-hetero) is 1. The van der Waals surface area contributed by atoms with E-state index in [0.717, 1.165) is 38.5 Å². The van der Waals surface area contributed by atoms with E-state index in [9.17, 15) is 22.8 Å². The zero-order valence-electron chi connectivity index (χ0n) is 22.2. The van der Waals surface area contributed by atoms with Crippen LogP contribution >= 0.6 is 0 Å². The molecule has 2 unspecified atom stereocenters. The van der Waals surface area contributed by atoms with Crippen LogP contribution in [0, 0.1) is 5.41 Å². The van der Waals surface area contributed by atoms with Crippen LogP contribution < -0.4 is 10.1 Å². The highest BCUT2D eigenvalue weighted by molar-refractivity contribution is 5.86. The van der Waals surface area contributed by atoms with Gasteiger partial charge in [0.25, 0.3) is 0 Å². The molecule has 0 bridgehead atoms. The number of esters is 1. The highest BCUT2D eigenvalue weighted by Crippen LogP contribution is 2.36. The van der Waals surface area contributed by atoms with Gasteiger partial charge in [0, 0.05) is 25.1 Å². The van der Waals surface area contributed by atoms with Crippen molar-refractivity contribution in [2.24, 2.45) is 5.41 Å². The Morgan fingerprint density at radius 1 is 1.00 bits per heavy atom. The van der Waals surface area contributed by atoms with Crippen LogP contribution in [0.1, 0.15) is 78.7 Å². The molecule has 0 aromatic heterocycles. The highest BCUT2D eigenvalue weighted by Gasteiger charge is 2.38. The lowest BCUT2D eigenvalue weighted by atomic mass is 9.75. The number of carbonyl (C=O) groups is 2. The third-order valence-electron chi connectivity index (χ3n) is 6.68. The topological polar surface area (TPSA) is 73.9 Å². The number of carbonyl (C=O) groups excluding carboxylic acids is 2. The number of alkyl halides is 3. The lowest BCUT2D eigenvalue weighted by Crippen LogP contribution is -2.47. The van der Waals surface area contributed by atoms with Crippen molar-refractivity contribution in [2.45, 2.75) is 98.1 Å². The van der Waals surface area contributed by atoms with Crippen LogP contribution in [0.2, 0.25) is 0 Å². The molecule has 0 amide bonds. The average Bonchev–Trinajstić information content (AvgIpc) is 2.85. The molecule has 0 aliphatic rings. The zero-order valence-corrected chi connectivity index (χ0v) is 22.2. The van der Waals surface area contributed by atoms with E-state index in [4.69, 9.17) is 14.2 Å². The summed E-state index contributed by atoms with van der Waals surface area (Å²) in [5.74, 6) is -2.58. The molecule has 0 aliphatic carbocycles. The fraction of sp³-hybridized carbons (Fsp3) is 0.704. The minimum atomic E-state index is -4.96. The Balaban J connectivity index is 3.09. The SMILES string of the molecule is CCCCOC(CNC(Oc1ccccc1CC(=O)C(F)(F)F)C(=O)OCC)CC(CC)(CC)CC. The molecule has 1 N–H and O–H groups in total. The highest BCUT2D eigenvalue weighted by atomic mass is 19.4. The van der Waals surface area contributed by atoms with Gasteiger partial charge in [0.05, 0.1) is 12.7 Å². The van der Waals surface area contributed by atoms with Gasteiger partial charge in [-0.15, -0.1) is 0 Å².